The maximum Gasteiger partial charge on any atom is 0.320 e. The first-order chi connectivity index (χ1) is 34.2. The molecule has 2 fully saturated rings. The molecule has 15 heteroatoms. The Hall–Kier alpha value is -5.77. The average Bonchev–Trinajstić information content (AvgIpc) is 3.85. The van der Waals surface area contributed by atoms with Gasteiger partial charge in [0.05, 0.1) is 35.2 Å². The predicted molar refractivity (Wildman–Crippen MR) is 279 cm³/mol. The highest BCUT2D eigenvalue weighted by Gasteiger charge is 2.50. The van der Waals surface area contributed by atoms with Gasteiger partial charge in [-0.2, -0.15) is 0 Å². The molecule has 0 radical (unpaired) electrons. The average molecular weight is 989 g/mol. The number of benzene rings is 3. The zero-order valence-electron chi connectivity index (χ0n) is 43.9. The van der Waals surface area contributed by atoms with Crippen LogP contribution in [0.1, 0.15) is 110 Å². The number of esters is 1. The van der Waals surface area contributed by atoms with E-state index in [4.69, 9.17) is 24.2 Å². The number of likely N-dealkylation sites (tertiary alicyclic amines) is 2. The normalized spacial score (nSPS) is 29.1. The second-order valence-electron chi connectivity index (χ2n) is 22.0. The van der Waals surface area contributed by atoms with E-state index >= 15 is 0 Å². The van der Waals surface area contributed by atoms with Gasteiger partial charge in [-0.3, -0.25) is 29.3 Å². The van der Waals surface area contributed by atoms with Gasteiger partial charge in [0.25, 0.3) is 11.7 Å². The highest BCUT2D eigenvalue weighted by atomic mass is 16.7. The minimum absolute atomic E-state index is 0.00233. The minimum Gasteiger partial charge on any atom is -0.507 e. The van der Waals surface area contributed by atoms with Gasteiger partial charge in [-0.1, -0.05) is 78.0 Å². The Bertz CT molecular complexity index is 2760. The molecular weight excluding hydrogens is 913 g/mol. The van der Waals surface area contributed by atoms with Crippen LogP contribution in [0.25, 0.3) is 10.8 Å². The minimum atomic E-state index is -1.88. The third-order valence-electron chi connectivity index (χ3n) is 15.8. The predicted octanol–water partition coefficient (Wildman–Crippen LogP) is 7.73. The van der Waals surface area contributed by atoms with Crippen molar-refractivity contribution in [2.75, 3.05) is 56.5 Å². The van der Waals surface area contributed by atoms with Crippen molar-refractivity contribution >= 4 is 39.8 Å². The summed E-state index contributed by atoms with van der Waals surface area (Å²) in [5.74, 6) is -4.37. The van der Waals surface area contributed by atoms with Crippen LogP contribution in [0.4, 0.5) is 11.4 Å². The number of fused-ring (bicyclic) bond motifs is 13. The number of Topliss-reactive ketones (excluding diaryl/α,β-unsaturated/α-hetero) is 1. The number of aliphatic hydroxyl groups excluding tert-OH is 1. The molecule has 7 atom stereocenters. The van der Waals surface area contributed by atoms with E-state index in [-0.39, 0.29) is 80.1 Å². The van der Waals surface area contributed by atoms with Crippen LogP contribution >= 0.6 is 0 Å². The van der Waals surface area contributed by atoms with Crippen LogP contribution in [-0.4, -0.2) is 119 Å². The molecule has 6 aliphatic heterocycles. The summed E-state index contributed by atoms with van der Waals surface area (Å²) in [7, 11) is 2.12. The molecule has 0 aromatic heterocycles. The van der Waals surface area contributed by atoms with E-state index in [1.807, 2.05) is 51.1 Å². The van der Waals surface area contributed by atoms with Crippen molar-refractivity contribution in [3.8, 4) is 17.2 Å². The van der Waals surface area contributed by atoms with Crippen molar-refractivity contribution in [3.63, 3.8) is 0 Å². The van der Waals surface area contributed by atoms with E-state index in [9.17, 15) is 29.7 Å². The summed E-state index contributed by atoms with van der Waals surface area (Å²) in [6.45, 7) is 21.1. The molecule has 6 aliphatic rings. The number of aliphatic hydroxyl groups is 1. The molecule has 4 unspecified atom stereocenters. The van der Waals surface area contributed by atoms with E-state index < -0.39 is 47.0 Å². The summed E-state index contributed by atoms with van der Waals surface area (Å²) in [4.78, 5) is 60.0. The van der Waals surface area contributed by atoms with E-state index in [1.165, 1.54) is 18.9 Å². The monoisotopic (exact) mass is 989 g/mol. The second-order valence-corrected chi connectivity index (χ2v) is 22.0. The molecule has 5 bridgehead atoms. The number of para-hydroxylation sites is 1. The number of carbonyl (C=O) groups is 3. The van der Waals surface area contributed by atoms with Gasteiger partial charge < -0.3 is 44.6 Å². The van der Waals surface area contributed by atoms with Gasteiger partial charge in [-0.05, 0) is 81.4 Å². The number of allylic oxidation sites excluding steroid dienone is 4. The van der Waals surface area contributed by atoms with Crippen molar-refractivity contribution in [2.24, 2.45) is 39.6 Å². The van der Waals surface area contributed by atoms with Crippen molar-refractivity contribution in [1.82, 2.24) is 9.80 Å². The summed E-state index contributed by atoms with van der Waals surface area (Å²) >= 11 is 0. The SMILES string of the molecule is C/C1=C/C=C/C(C)C[C@@H](C)C(O)[C@@H](C)C(OC(=O)CN2CCC(N(C)c3ccccc3)CC2)[C@H](C)C/C=C/OC2(C)Oc3c(C)c(O)c4c(O)c(c5c(c4c3C2=O)=NC2(CCN(CC(C)C)CC2)N=5)NC1=O. The molecule has 0 aliphatic carbocycles. The molecule has 0 saturated carbocycles. The molecule has 3 aromatic carbocycles. The van der Waals surface area contributed by atoms with Crippen molar-refractivity contribution in [2.45, 2.75) is 131 Å². The van der Waals surface area contributed by atoms with E-state index in [2.05, 4.69) is 60.0 Å². The number of phenols is 2. The first kappa shape index (κ1) is 52.5. The fourth-order valence-electron chi connectivity index (χ4n) is 11.5. The van der Waals surface area contributed by atoms with Crippen LogP contribution in [0.2, 0.25) is 0 Å². The summed E-state index contributed by atoms with van der Waals surface area (Å²) in [5.41, 5.74) is 0.870. The Labute approximate surface area is 424 Å². The number of ether oxygens (including phenoxy) is 3. The zero-order chi connectivity index (χ0) is 51.8. The zero-order valence-corrected chi connectivity index (χ0v) is 43.9. The first-order valence-corrected chi connectivity index (χ1v) is 26.1. The summed E-state index contributed by atoms with van der Waals surface area (Å²) in [6.07, 6.45) is 11.1. The number of piperidine rings is 2. The van der Waals surface area contributed by atoms with Crippen LogP contribution < -0.4 is 25.7 Å². The molecule has 1 amide bonds. The number of rotatable bonds is 7. The number of ketones is 1. The lowest BCUT2D eigenvalue weighted by atomic mass is 9.80. The lowest BCUT2D eigenvalue weighted by molar-refractivity contribution is -0.160. The Morgan fingerprint density at radius 3 is 2.31 bits per heavy atom. The summed E-state index contributed by atoms with van der Waals surface area (Å²) < 4.78 is 19.0. The Balaban J connectivity index is 1.10. The molecule has 388 valence electrons. The van der Waals surface area contributed by atoms with Crippen LogP contribution in [0.15, 0.2) is 76.5 Å². The smallest absolute Gasteiger partial charge is 0.320 e. The van der Waals surface area contributed by atoms with Gasteiger partial charge >= 0.3 is 11.8 Å². The van der Waals surface area contributed by atoms with Gasteiger partial charge in [0.2, 0.25) is 0 Å². The van der Waals surface area contributed by atoms with Gasteiger partial charge in [0.15, 0.2) is 11.4 Å². The molecular formula is C57H76N6O9. The quantitative estimate of drug-likeness (QED) is 0.134. The maximum atomic E-state index is 14.9. The van der Waals surface area contributed by atoms with Gasteiger partial charge in [0, 0.05) is 93.7 Å². The van der Waals surface area contributed by atoms with E-state index in [1.54, 1.807) is 26.0 Å². The Morgan fingerprint density at radius 1 is 0.944 bits per heavy atom. The third kappa shape index (κ3) is 10.7. The number of nitrogens with zero attached hydrogens (tertiary/aromatic N) is 5. The molecule has 15 nitrogen and oxygen atoms in total. The van der Waals surface area contributed by atoms with Crippen LogP contribution in [0.5, 0.6) is 17.2 Å². The summed E-state index contributed by atoms with van der Waals surface area (Å²) in [5, 5.41) is 39.6. The van der Waals surface area contributed by atoms with Crippen molar-refractivity contribution in [3.05, 3.63) is 88.3 Å². The number of anilines is 2. The van der Waals surface area contributed by atoms with Gasteiger partial charge in [-0.25, -0.2) is 0 Å². The van der Waals surface area contributed by atoms with Crippen molar-refractivity contribution in [1.29, 1.82) is 0 Å². The van der Waals surface area contributed by atoms with E-state index in [0.717, 1.165) is 45.6 Å². The van der Waals surface area contributed by atoms with Crippen LogP contribution in [-0.2, 0) is 19.1 Å². The van der Waals surface area contributed by atoms with Crippen LogP contribution in [0, 0.1) is 36.5 Å². The molecule has 3 aromatic rings. The molecule has 6 heterocycles. The summed E-state index contributed by atoms with van der Waals surface area (Å²) in [6, 6.07) is 10.7. The lowest BCUT2D eigenvalue weighted by Gasteiger charge is -2.38. The molecule has 1 spiro atoms. The standard InChI is InChI=1S/C57H76N6O9/c1-33(2)31-63-27-23-57(24-28-63)59-46-43-44-50(66)39(8)53-45(43)54(68)56(9,72-53)70-29-15-18-35(4)52(71-42(64)32-62-25-21-41(22-26-62)61(10)40-19-12-11-13-20-40)38(7)49(65)37(6)30-34(3)16-14-17-36(5)55(69)58-48(51(44)67)47(46)60-57/h11-17,19-20,29,33-35,37-38,41,49,52,65-67H,18,21-28,30-32H2,1-10H3,(H,58,69)/b16-14+,29-15+,36-17-/t34?,35-,37-,38-,49?,52?,56?/m1/s1. The number of aromatic hydroxyl groups is 2. The topological polar surface area (TPSA) is 186 Å². The largest absolute Gasteiger partial charge is 0.507 e. The van der Waals surface area contributed by atoms with Gasteiger partial charge in [0.1, 0.15) is 28.6 Å². The number of nitrogens with one attached hydrogen (secondary N) is 1. The maximum absolute atomic E-state index is 14.9. The highest BCUT2D eigenvalue weighted by molar-refractivity contribution is 6.19. The number of hydrogen-bond acceptors (Lipinski definition) is 14. The Kier molecular flexibility index (Phi) is 15.6. The highest BCUT2D eigenvalue weighted by Crippen LogP contribution is 2.50. The lowest BCUT2D eigenvalue weighted by Crippen LogP contribution is -2.46. The molecule has 9 rings (SSSR count). The van der Waals surface area contributed by atoms with Crippen molar-refractivity contribution < 1.29 is 43.9 Å². The number of carbonyl (C=O) groups excluding carboxylic acids is 3. The number of hydrogen-bond donors (Lipinski definition) is 4. The fourth-order valence-corrected chi connectivity index (χ4v) is 11.5. The first-order valence-electron chi connectivity index (χ1n) is 26.1. The molecule has 72 heavy (non-hydrogen) atoms. The fraction of sp³-hybridized carbons (Fsp3) is 0.561. The van der Waals surface area contributed by atoms with E-state index in [0.29, 0.717) is 43.2 Å². The Morgan fingerprint density at radius 2 is 1.62 bits per heavy atom. The number of amides is 1. The molecule has 2 saturated heterocycles. The third-order valence-corrected chi connectivity index (χ3v) is 15.8. The van der Waals surface area contributed by atoms with Gasteiger partial charge in [-0.15, -0.1) is 0 Å². The van der Waals surface area contributed by atoms with Crippen LogP contribution in [0.3, 0.4) is 0 Å². The number of phenolic OH excluding ortho intramolecular Hbond substituents is 2. The molecule has 4 N–H and O–H groups in total. The second kappa shape index (κ2) is 21.4.